The van der Waals surface area contributed by atoms with Crippen molar-refractivity contribution in [1.82, 2.24) is 0 Å². The molecule has 0 aliphatic heterocycles. The SMILES string of the molecule is Cc1cc(Cl)ccc1Oc1ccc(C=O)c(Cl)c1. The Balaban J connectivity index is 2.28. The van der Waals surface area contributed by atoms with E-state index in [9.17, 15) is 4.79 Å². The number of aryl methyl sites for hydroxylation is 1. The molecule has 18 heavy (non-hydrogen) atoms. The first-order valence-corrected chi connectivity index (χ1v) is 6.04. The molecule has 0 bridgehead atoms. The molecular formula is C14H10Cl2O2. The van der Waals surface area contributed by atoms with Crippen molar-refractivity contribution in [1.29, 1.82) is 0 Å². The van der Waals surface area contributed by atoms with Gasteiger partial charge in [0.25, 0.3) is 0 Å². The number of aldehydes is 1. The van der Waals surface area contributed by atoms with Crippen LogP contribution in [0, 0.1) is 6.92 Å². The molecule has 0 aliphatic carbocycles. The summed E-state index contributed by atoms with van der Waals surface area (Å²) in [7, 11) is 0. The van der Waals surface area contributed by atoms with E-state index < -0.39 is 0 Å². The second-order valence-electron chi connectivity index (χ2n) is 3.81. The molecule has 4 heteroatoms. The fourth-order valence-electron chi connectivity index (χ4n) is 1.52. The summed E-state index contributed by atoms with van der Waals surface area (Å²) in [6, 6.07) is 10.3. The zero-order valence-corrected chi connectivity index (χ0v) is 11.1. The predicted molar refractivity (Wildman–Crippen MR) is 73.1 cm³/mol. The molecule has 0 saturated heterocycles. The van der Waals surface area contributed by atoms with Crippen LogP contribution in [0.4, 0.5) is 0 Å². The Morgan fingerprint density at radius 2 is 1.89 bits per heavy atom. The van der Waals surface area contributed by atoms with Crippen molar-refractivity contribution < 1.29 is 9.53 Å². The highest BCUT2D eigenvalue weighted by atomic mass is 35.5. The normalized spacial score (nSPS) is 10.2. The third-order valence-electron chi connectivity index (χ3n) is 2.46. The number of halogens is 2. The Labute approximate surface area is 115 Å². The minimum Gasteiger partial charge on any atom is -0.457 e. The van der Waals surface area contributed by atoms with Gasteiger partial charge in [0.15, 0.2) is 6.29 Å². The van der Waals surface area contributed by atoms with E-state index in [1.165, 1.54) is 0 Å². The van der Waals surface area contributed by atoms with Gasteiger partial charge in [-0.25, -0.2) is 0 Å². The van der Waals surface area contributed by atoms with E-state index in [1.54, 1.807) is 30.3 Å². The lowest BCUT2D eigenvalue weighted by atomic mass is 10.2. The quantitative estimate of drug-likeness (QED) is 0.747. The summed E-state index contributed by atoms with van der Waals surface area (Å²) in [4.78, 5) is 10.6. The second kappa shape index (κ2) is 5.42. The maximum absolute atomic E-state index is 10.6. The van der Waals surface area contributed by atoms with Gasteiger partial charge in [-0.15, -0.1) is 0 Å². The Morgan fingerprint density at radius 3 is 2.50 bits per heavy atom. The summed E-state index contributed by atoms with van der Waals surface area (Å²) < 4.78 is 5.69. The van der Waals surface area contributed by atoms with E-state index in [0.29, 0.717) is 33.4 Å². The van der Waals surface area contributed by atoms with E-state index in [-0.39, 0.29) is 0 Å². The molecule has 2 nitrogen and oxygen atoms in total. The first kappa shape index (κ1) is 12.9. The largest absolute Gasteiger partial charge is 0.457 e. The van der Waals surface area contributed by atoms with Crippen molar-refractivity contribution >= 4 is 29.5 Å². The van der Waals surface area contributed by atoms with Crippen LogP contribution in [0.1, 0.15) is 15.9 Å². The molecular weight excluding hydrogens is 271 g/mol. The van der Waals surface area contributed by atoms with Gasteiger partial charge in [0.1, 0.15) is 11.5 Å². The fraction of sp³-hybridized carbons (Fsp3) is 0.0714. The van der Waals surface area contributed by atoms with Gasteiger partial charge in [0, 0.05) is 16.7 Å². The summed E-state index contributed by atoms with van der Waals surface area (Å²) in [6.45, 7) is 1.91. The maximum atomic E-state index is 10.6. The number of hydrogen-bond donors (Lipinski definition) is 0. The number of carbonyl (C=O) groups is 1. The summed E-state index contributed by atoms with van der Waals surface area (Å²) in [6.07, 6.45) is 0.708. The van der Waals surface area contributed by atoms with Gasteiger partial charge in [-0.05, 0) is 42.8 Å². The van der Waals surface area contributed by atoms with Gasteiger partial charge < -0.3 is 4.74 Å². The van der Waals surface area contributed by atoms with Crippen LogP contribution in [0.15, 0.2) is 36.4 Å². The predicted octanol–water partition coefficient (Wildman–Crippen LogP) is 4.91. The van der Waals surface area contributed by atoms with Gasteiger partial charge in [-0.1, -0.05) is 23.2 Å². The van der Waals surface area contributed by atoms with E-state index in [0.717, 1.165) is 5.56 Å². The summed E-state index contributed by atoms with van der Waals surface area (Å²) in [5.74, 6) is 1.28. The molecule has 2 rings (SSSR count). The highest BCUT2D eigenvalue weighted by Crippen LogP contribution is 2.29. The third kappa shape index (κ3) is 2.84. The zero-order valence-electron chi connectivity index (χ0n) is 9.61. The van der Waals surface area contributed by atoms with Crippen LogP contribution in [0.25, 0.3) is 0 Å². The summed E-state index contributed by atoms with van der Waals surface area (Å²) >= 11 is 11.8. The minimum atomic E-state index is 0.370. The zero-order chi connectivity index (χ0) is 13.1. The molecule has 0 amide bonds. The number of rotatable bonds is 3. The molecule has 2 aromatic rings. The Hall–Kier alpha value is -1.51. The number of ether oxygens (including phenoxy) is 1. The van der Waals surface area contributed by atoms with Crippen LogP contribution in [-0.4, -0.2) is 6.29 Å². The molecule has 0 unspecified atom stereocenters. The highest BCUT2D eigenvalue weighted by molar-refractivity contribution is 6.33. The van der Waals surface area contributed by atoms with Gasteiger partial charge in [-0.2, -0.15) is 0 Å². The van der Waals surface area contributed by atoms with Gasteiger partial charge in [0.05, 0.1) is 5.02 Å². The average Bonchev–Trinajstić information content (AvgIpc) is 2.33. The Kier molecular flexibility index (Phi) is 3.90. The van der Waals surface area contributed by atoms with Crippen molar-refractivity contribution in [3.8, 4) is 11.5 Å². The molecule has 0 aliphatic rings. The maximum Gasteiger partial charge on any atom is 0.151 e. The van der Waals surface area contributed by atoms with Crippen molar-refractivity contribution in [2.75, 3.05) is 0 Å². The average molecular weight is 281 g/mol. The smallest absolute Gasteiger partial charge is 0.151 e. The van der Waals surface area contributed by atoms with Crippen LogP contribution in [0.5, 0.6) is 11.5 Å². The molecule has 0 saturated carbocycles. The van der Waals surface area contributed by atoms with Crippen molar-refractivity contribution in [3.05, 3.63) is 57.6 Å². The minimum absolute atomic E-state index is 0.370. The van der Waals surface area contributed by atoms with E-state index in [1.807, 2.05) is 13.0 Å². The van der Waals surface area contributed by atoms with E-state index in [4.69, 9.17) is 27.9 Å². The van der Waals surface area contributed by atoms with Gasteiger partial charge >= 0.3 is 0 Å². The molecule has 0 spiro atoms. The first-order valence-electron chi connectivity index (χ1n) is 5.29. The van der Waals surface area contributed by atoms with Crippen molar-refractivity contribution in [2.24, 2.45) is 0 Å². The van der Waals surface area contributed by atoms with E-state index >= 15 is 0 Å². The number of benzene rings is 2. The molecule has 92 valence electrons. The summed E-state index contributed by atoms with van der Waals surface area (Å²) in [5.41, 5.74) is 1.37. The topological polar surface area (TPSA) is 26.3 Å². The van der Waals surface area contributed by atoms with Crippen LogP contribution in [0.3, 0.4) is 0 Å². The first-order chi connectivity index (χ1) is 8.60. The lowest BCUT2D eigenvalue weighted by Gasteiger charge is -2.09. The monoisotopic (exact) mass is 280 g/mol. The molecule has 0 heterocycles. The second-order valence-corrected chi connectivity index (χ2v) is 4.66. The number of hydrogen-bond acceptors (Lipinski definition) is 2. The molecule has 0 aromatic heterocycles. The van der Waals surface area contributed by atoms with Crippen molar-refractivity contribution in [2.45, 2.75) is 6.92 Å². The number of carbonyl (C=O) groups excluding carboxylic acids is 1. The summed E-state index contributed by atoms with van der Waals surface area (Å²) in [5, 5.41) is 1.03. The van der Waals surface area contributed by atoms with Crippen LogP contribution in [-0.2, 0) is 0 Å². The molecule has 0 atom stereocenters. The van der Waals surface area contributed by atoms with Crippen molar-refractivity contribution in [3.63, 3.8) is 0 Å². The van der Waals surface area contributed by atoms with Gasteiger partial charge in [0.2, 0.25) is 0 Å². The van der Waals surface area contributed by atoms with Crippen LogP contribution in [0.2, 0.25) is 10.0 Å². The van der Waals surface area contributed by atoms with Gasteiger partial charge in [-0.3, -0.25) is 4.79 Å². The molecule has 2 aromatic carbocycles. The third-order valence-corrected chi connectivity index (χ3v) is 3.03. The molecule has 0 N–H and O–H groups in total. The Bertz CT molecular complexity index is 594. The van der Waals surface area contributed by atoms with Crippen LogP contribution >= 0.6 is 23.2 Å². The highest BCUT2D eigenvalue weighted by Gasteiger charge is 2.05. The van der Waals surface area contributed by atoms with E-state index in [2.05, 4.69) is 0 Å². The lowest BCUT2D eigenvalue weighted by Crippen LogP contribution is -1.89. The molecule has 0 fully saturated rings. The van der Waals surface area contributed by atoms with Crippen LogP contribution < -0.4 is 4.74 Å². The Morgan fingerprint density at radius 1 is 1.11 bits per heavy atom. The molecule has 0 radical (unpaired) electrons. The standard InChI is InChI=1S/C14H10Cl2O2/c1-9-6-11(15)3-5-14(9)18-12-4-2-10(8-17)13(16)7-12/h2-8H,1H3. The lowest BCUT2D eigenvalue weighted by molar-refractivity contribution is 0.112. The fourth-order valence-corrected chi connectivity index (χ4v) is 1.96.